The number of allylic oxidation sites excluding steroid dienone is 4. The molecule has 0 radical (unpaired) electrons. The summed E-state index contributed by atoms with van der Waals surface area (Å²) in [7, 11) is 3.99. The van der Waals surface area contributed by atoms with Crippen molar-refractivity contribution in [2.45, 2.75) is 32.2 Å². The van der Waals surface area contributed by atoms with Crippen LogP contribution in [0, 0.1) is 6.08 Å². The van der Waals surface area contributed by atoms with Crippen LogP contribution < -0.4 is 35.4 Å². The van der Waals surface area contributed by atoms with Gasteiger partial charge in [0.05, 0.1) is 0 Å². The van der Waals surface area contributed by atoms with Gasteiger partial charge in [0.15, 0.2) is 0 Å². The van der Waals surface area contributed by atoms with Crippen molar-refractivity contribution in [3.05, 3.63) is 46.7 Å². The van der Waals surface area contributed by atoms with Gasteiger partial charge in [-0.2, -0.15) is 0 Å². The Morgan fingerprint density at radius 3 is 2.20 bits per heavy atom. The Morgan fingerprint density at radius 1 is 1.20 bits per heavy atom. The van der Waals surface area contributed by atoms with Gasteiger partial charge in [0, 0.05) is 44.1 Å². The predicted octanol–water partition coefficient (Wildman–Crippen LogP) is -3.52. The number of hydrogen-bond acceptors (Lipinski definition) is 2. The average molecular weight is 479 g/mol. The van der Waals surface area contributed by atoms with E-state index in [2.05, 4.69) is 48.8 Å². The first-order chi connectivity index (χ1) is 8.11. The second-order valence-corrected chi connectivity index (χ2v) is 4.85. The molecule has 5 heteroatoms. The molecule has 0 saturated carbocycles. The second kappa shape index (κ2) is 9.24. The third-order valence-corrected chi connectivity index (χ3v) is 3.89. The van der Waals surface area contributed by atoms with Gasteiger partial charge in [0.2, 0.25) is 0 Å². The Bertz CT molecular complexity index is 453. The van der Waals surface area contributed by atoms with Crippen LogP contribution in [0.25, 0.3) is 0 Å². The fourth-order valence-corrected chi connectivity index (χ4v) is 2.43. The van der Waals surface area contributed by atoms with Crippen LogP contribution in [-0.4, -0.2) is 19.6 Å². The predicted molar refractivity (Wildman–Crippen MR) is 72.4 cm³/mol. The Balaban J connectivity index is 0. The van der Waals surface area contributed by atoms with E-state index in [1.54, 1.807) is 0 Å². The topological polar surface area (TPSA) is 24.1 Å². The van der Waals surface area contributed by atoms with E-state index in [0.29, 0.717) is 0 Å². The summed E-state index contributed by atoms with van der Waals surface area (Å²) >= 11 is 0. The Morgan fingerprint density at radius 2 is 1.85 bits per heavy atom. The molecule has 0 aromatic heterocycles. The fourth-order valence-electron chi connectivity index (χ4n) is 2.43. The quantitative estimate of drug-likeness (QED) is 0.325. The average Bonchev–Trinajstić information content (AvgIpc) is 2.70. The Hall–Kier alpha value is 0.170. The summed E-state index contributed by atoms with van der Waals surface area (Å²) in [5.41, 5.74) is 5.24. The molecule has 2 nitrogen and oxygen atoms in total. The smallest absolute Gasteiger partial charge is 0.0437 e. The van der Waals surface area contributed by atoms with Crippen LogP contribution >= 0.6 is 0 Å². The van der Waals surface area contributed by atoms with Crippen LogP contribution in [0.4, 0.5) is 0 Å². The van der Waals surface area contributed by atoms with Gasteiger partial charge >= 0.3 is 0 Å². The maximum absolute atomic E-state index is 3.53. The van der Waals surface area contributed by atoms with Crippen molar-refractivity contribution in [3.63, 3.8) is 0 Å². The van der Waals surface area contributed by atoms with Gasteiger partial charge in [-0.15, -0.1) is 12.5 Å². The molecule has 2 aliphatic carbocycles. The van der Waals surface area contributed by atoms with Crippen molar-refractivity contribution in [2.24, 2.45) is 0 Å². The van der Waals surface area contributed by atoms with Gasteiger partial charge in [-0.3, -0.25) is 0 Å². The summed E-state index contributed by atoms with van der Waals surface area (Å²) in [5.74, 6) is 0. The zero-order valence-corrected chi connectivity index (χ0v) is 17.5. The van der Waals surface area contributed by atoms with Crippen molar-refractivity contribution in [1.29, 1.82) is 0 Å². The van der Waals surface area contributed by atoms with Crippen LogP contribution in [0.1, 0.15) is 26.7 Å². The van der Waals surface area contributed by atoms with Crippen molar-refractivity contribution >= 4 is 0 Å². The molecule has 0 bridgehead atoms. The number of rotatable bonds is 3. The summed E-state index contributed by atoms with van der Waals surface area (Å²) in [4.78, 5) is 0. The molecule has 1 atom stereocenters. The van der Waals surface area contributed by atoms with Crippen molar-refractivity contribution < 1.29 is 50.7 Å². The number of hydrogen-bond donors (Lipinski definition) is 2. The van der Waals surface area contributed by atoms with Crippen LogP contribution in [0.2, 0.25) is 0 Å². The van der Waals surface area contributed by atoms with Crippen LogP contribution in [0.3, 0.4) is 0 Å². The Labute approximate surface area is 153 Å². The van der Waals surface area contributed by atoms with Gasteiger partial charge in [-0.05, 0) is 19.5 Å². The second-order valence-electron chi connectivity index (χ2n) is 4.85. The summed E-state index contributed by atoms with van der Waals surface area (Å²) in [6, 6.07) is 0. The number of nitrogens with one attached hydrogen (secondary N) is 2. The Kier molecular flexibility index (Phi) is 10.4. The summed E-state index contributed by atoms with van der Waals surface area (Å²) in [6.45, 7) is 4.34. The van der Waals surface area contributed by atoms with Gasteiger partial charge < -0.3 is 35.4 Å². The van der Waals surface area contributed by atoms with E-state index in [4.69, 9.17) is 0 Å². The van der Waals surface area contributed by atoms with E-state index in [0.717, 1.165) is 12.8 Å². The van der Waals surface area contributed by atoms with E-state index in [1.807, 2.05) is 14.1 Å². The molecule has 112 valence electrons. The van der Waals surface area contributed by atoms with E-state index >= 15 is 0 Å². The minimum atomic E-state index is -0.0423. The monoisotopic (exact) mass is 479 g/mol. The first kappa shape index (κ1) is 22.5. The molecule has 1 unspecified atom stereocenters. The number of halogens is 2. The summed E-state index contributed by atoms with van der Waals surface area (Å²) in [6.07, 6.45) is 12.2. The van der Waals surface area contributed by atoms with E-state index < -0.39 is 0 Å². The maximum Gasteiger partial charge on any atom is 0.0437 e. The maximum atomic E-state index is 3.53. The zero-order valence-electron chi connectivity index (χ0n) is 12.4. The first-order valence-corrected chi connectivity index (χ1v) is 6.17. The summed E-state index contributed by atoms with van der Waals surface area (Å²) < 4.78 is 0. The molecule has 0 aromatic rings. The third-order valence-electron chi connectivity index (χ3n) is 3.89. The molecular formula is C15H21Cl2HfN2-3. The standard InChI is InChI=1S/C15H21N2.2ClH.Hf/c1-11-9-13(10-12(11)2)15(17-4)7-5-14(16-3)6-8-15;;;/h5-7,16-17H,8-9H2,1-4H3;2*1H;/q-1;;;/p-2. The minimum Gasteiger partial charge on any atom is -1.00 e. The molecule has 0 spiro atoms. The third kappa shape index (κ3) is 4.33. The van der Waals surface area contributed by atoms with Gasteiger partial charge in [0.1, 0.15) is 0 Å². The van der Waals surface area contributed by atoms with E-state index in [1.165, 1.54) is 22.4 Å². The van der Waals surface area contributed by atoms with Gasteiger partial charge in [-0.1, -0.05) is 25.5 Å². The van der Waals surface area contributed by atoms with Crippen LogP contribution in [0.5, 0.6) is 0 Å². The molecule has 0 aliphatic heterocycles. The van der Waals surface area contributed by atoms with Gasteiger partial charge in [-0.25, -0.2) is 17.2 Å². The fraction of sp³-hybridized carbons (Fsp3) is 0.467. The van der Waals surface area contributed by atoms with Crippen LogP contribution in [-0.2, 0) is 25.8 Å². The molecule has 0 saturated heterocycles. The van der Waals surface area contributed by atoms with Crippen molar-refractivity contribution in [1.82, 2.24) is 10.6 Å². The molecule has 0 amide bonds. The summed E-state index contributed by atoms with van der Waals surface area (Å²) in [5, 5.41) is 6.64. The largest absolute Gasteiger partial charge is 1.00 e. The van der Waals surface area contributed by atoms with Crippen molar-refractivity contribution in [2.75, 3.05) is 14.1 Å². The van der Waals surface area contributed by atoms with E-state index in [9.17, 15) is 0 Å². The van der Waals surface area contributed by atoms with Crippen molar-refractivity contribution in [3.8, 4) is 0 Å². The first-order valence-electron chi connectivity index (χ1n) is 6.17. The molecule has 2 N–H and O–H groups in total. The molecule has 0 heterocycles. The molecule has 0 aromatic carbocycles. The number of likely N-dealkylation sites (N-methyl/N-ethyl adjacent to an activating group) is 2. The minimum absolute atomic E-state index is 0. The molecule has 20 heavy (non-hydrogen) atoms. The normalized spacial score (nSPS) is 24.0. The molecular weight excluding hydrogens is 458 g/mol. The molecule has 2 rings (SSSR count). The van der Waals surface area contributed by atoms with E-state index in [-0.39, 0.29) is 56.2 Å². The van der Waals surface area contributed by atoms with Gasteiger partial charge in [0.25, 0.3) is 0 Å². The SMILES string of the molecule is CNC1=CCC(NC)(C2=[C-]C(C)=C(C)C2)C=C1.[Cl-].[Cl-].[Hf]. The molecule has 0 fully saturated rings. The molecule has 2 aliphatic rings. The zero-order chi connectivity index (χ0) is 12.5. The van der Waals surface area contributed by atoms with Crippen LogP contribution in [0.15, 0.2) is 40.6 Å².